The second kappa shape index (κ2) is 10.5. The van der Waals surface area contributed by atoms with E-state index in [9.17, 15) is 4.79 Å². The topological polar surface area (TPSA) is 56.7 Å². The van der Waals surface area contributed by atoms with E-state index in [0.717, 1.165) is 25.9 Å². The Bertz CT molecular complexity index is 501. The van der Waals surface area contributed by atoms with Crippen LogP contribution in [0.15, 0.2) is 35.3 Å². The van der Waals surface area contributed by atoms with Crippen LogP contribution in [0.5, 0.6) is 0 Å². The number of likely N-dealkylation sites (tertiary alicyclic amines) is 1. The van der Waals surface area contributed by atoms with Gasteiger partial charge in [0.15, 0.2) is 5.96 Å². The van der Waals surface area contributed by atoms with Crippen molar-refractivity contribution in [3.63, 3.8) is 0 Å². The maximum absolute atomic E-state index is 12.2. The summed E-state index contributed by atoms with van der Waals surface area (Å²) in [4.78, 5) is 18.3. The van der Waals surface area contributed by atoms with Gasteiger partial charge in [-0.1, -0.05) is 30.3 Å². The number of carbonyl (C=O) groups excluding carboxylic acids is 1. The van der Waals surface area contributed by atoms with Gasteiger partial charge in [-0.25, -0.2) is 0 Å². The lowest BCUT2D eigenvalue weighted by Crippen LogP contribution is -2.46. The summed E-state index contributed by atoms with van der Waals surface area (Å²) in [6.45, 7) is 4.13. The highest BCUT2D eigenvalue weighted by Gasteiger charge is 2.16. The quantitative estimate of drug-likeness (QED) is 0.439. The van der Waals surface area contributed by atoms with Crippen molar-refractivity contribution in [2.45, 2.75) is 32.2 Å². The highest BCUT2D eigenvalue weighted by molar-refractivity contribution is 14.0. The standard InChI is InChI=1S/C17H26N4O.HI/c1-14(15-9-5-3-6-10-15)20-17(18-2)19-13-16(22)21-11-7-4-8-12-21;/h3,5-6,9-10,14H,4,7-8,11-13H2,1-2H3,(H2,18,19,20);1H. The van der Waals surface area contributed by atoms with Gasteiger partial charge in [-0.15, -0.1) is 24.0 Å². The Morgan fingerprint density at radius 3 is 2.48 bits per heavy atom. The van der Waals surface area contributed by atoms with Crippen molar-refractivity contribution in [1.82, 2.24) is 15.5 Å². The van der Waals surface area contributed by atoms with Crippen LogP contribution in [0.4, 0.5) is 0 Å². The molecule has 0 bridgehead atoms. The van der Waals surface area contributed by atoms with Crippen LogP contribution >= 0.6 is 24.0 Å². The SMILES string of the molecule is CN=C(NCC(=O)N1CCCCC1)NC(C)c1ccccc1.I. The Morgan fingerprint density at radius 2 is 1.87 bits per heavy atom. The van der Waals surface area contributed by atoms with Gasteiger partial charge in [0.2, 0.25) is 5.91 Å². The minimum Gasteiger partial charge on any atom is -0.350 e. The average molecular weight is 430 g/mol. The van der Waals surface area contributed by atoms with E-state index in [-0.39, 0.29) is 35.9 Å². The first kappa shape index (κ1) is 19.7. The first-order valence-corrected chi connectivity index (χ1v) is 8.00. The monoisotopic (exact) mass is 430 g/mol. The fourth-order valence-corrected chi connectivity index (χ4v) is 2.64. The van der Waals surface area contributed by atoms with Crippen molar-refractivity contribution in [2.24, 2.45) is 4.99 Å². The molecule has 2 rings (SSSR count). The average Bonchev–Trinajstić information content (AvgIpc) is 2.59. The number of amides is 1. The van der Waals surface area contributed by atoms with Crippen LogP contribution in [0.2, 0.25) is 0 Å². The van der Waals surface area contributed by atoms with E-state index in [2.05, 4.69) is 34.7 Å². The van der Waals surface area contributed by atoms with Gasteiger partial charge in [-0.2, -0.15) is 0 Å². The molecule has 2 N–H and O–H groups in total. The maximum atomic E-state index is 12.2. The molecule has 1 aliphatic heterocycles. The molecule has 1 saturated heterocycles. The lowest BCUT2D eigenvalue weighted by atomic mass is 10.1. The summed E-state index contributed by atoms with van der Waals surface area (Å²) >= 11 is 0. The number of hydrogen-bond acceptors (Lipinski definition) is 2. The number of aliphatic imine (C=N–C) groups is 1. The van der Waals surface area contributed by atoms with Gasteiger partial charge in [0.25, 0.3) is 0 Å². The van der Waals surface area contributed by atoms with Gasteiger partial charge >= 0.3 is 0 Å². The summed E-state index contributed by atoms with van der Waals surface area (Å²) in [6.07, 6.45) is 3.46. The Hall–Kier alpha value is -1.31. The van der Waals surface area contributed by atoms with E-state index in [0.29, 0.717) is 12.5 Å². The third kappa shape index (κ3) is 6.37. The van der Waals surface area contributed by atoms with E-state index in [1.807, 2.05) is 23.1 Å². The van der Waals surface area contributed by atoms with Crippen LogP contribution in [0, 0.1) is 0 Å². The lowest BCUT2D eigenvalue weighted by molar-refractivity contribution is -0.130. The van der Waals surface area contributed by atoms with E-state index in [4.69, 9.17) is 0 Å². The molecule has 1 unspecified atom stereocenters. The molecule has 128 valence electrons. The summed E-state index contributed by atoms with van der Waals surface area (Å²) in [7, 11) is 1.72. The lowest BCUT2D eigenvalue weighted by Gasteiger charge is -2.27. The molecule has 0 aliphatic carbocycles. The maximum Gasteiger partial charge on any atom is 0.241 e. The molecule has 6 heteroatoms. The van der Waals surface area contributed by atoms with E-state index in [1.54, 1.807) is 7.05 Å². The van der Waals surface area contributed by atoms with Crippen molar-refractivity contribution >= 4 is 35.8 Å². The third-order valence-electron chi connectivity index (χ3n) is 3.99. The third-order valence-corrected chi connectivity index (χ3v) is 3.99. The molecule has 5 nitrogen and oxygen atoms in total. The molecule has 1 aromatic carbocycles. The normalized spacial score (nSPS) is 16.3. The van der Waals surface area contributed by atoms with Crippen LogP contribution in [0.3, 0.4) is 0 Å². The second-order valence-corrected chi connectivity index (χ2v) is 5.64. The number of hydrogen-bond donors (Lipinski definition) is 2. The van der Waals surface area contributed by atoms with Crippen LogP contribution in [-0.4, -0.2) is 43.4 Å². The van der Waals surface area contributed by atoms with Gasteiger partial charge in [-0.3, -0.25) is 9.79 Å². The first-order chi connectivity index (χ1) is 10.7. The van der Waals surface area contributed by atoms with Crippen molar-refractivity contribution in [3.05, 3.63) is 35.9 Å². The zero-order valence-corrected chi connectivity index (χ0v) is 16.2. The van der Waals surface area contributed by atoms with Crippen LogP contribution in [0.25, 0.3) is 0 Å². The summed E-state index contributed by atoms with van der Waals surface area (Å²) in [5, 5.41) is 6.42. The first-order valence-electron chi connectivity index (χ1n) is 8.00. The Kier molecular flexibility index (Phi) is 8.98. The molecule has 0 spiro atoms. The zero-order valence-electron chi connectivity index (χ0n) is 13.9. The Labute approximate surface area is 156 Å². The van der Waals surface area contributed by atoms with Crippen LogP contribution < -0.4 is 10.6 Å². The molecule has 1 fully saturated rings. The fourth-order valence-electron chi connectivity index (χ4n) is 2.64. The minimum atomic E-state index is 0. The van der Waals surface area contributed by atoms with Gasteiger partial charge < -0.3 is 15.5 Å². The van der Waals surface area contributed by atoms with Crippen molar-refractivity contribution in [1.29, 1.82) is 0 Å². The number of carbonyl (C=O) groups is 1. The minimum absolute atomic E-state index is 0. The number of piperidine rings is 1. The highest BCUT2D eigenvalue weighted by atomic mass is 127. The number of benzene rings is 1. The summed E-state index contributed by atoms with van der Waals surface area (Å²) in [5.41, 5.74) is 1.19. The molecular weight excluding hydrogens is 403 g/mol. The summed E-state index contributed by atoms with van der Waals surface area (Å²) < 4.78 is 0. The number of halogens is 1. The van der Waals surface area contributed by atoms with Gasteiger partial charge in [0, 0.05) is 20.1 Å². The second-order valence-electron chi connectivity index (χ2n) is 5.64. The summed E-state index contributed by atoms with van der Waals surface area (Å²) in [6, 6.07) is 10.3. The molecule has 0 saturated carbocycles. The van der Waals surface area contributed by atoms with Crippen molar-refractivity contribution < 1.29 is 4.79 Å². The molecule has 0 aromatic heterocycles. The zero-order chi connectivity index (χ0) is 15.8. The largest absolute Gasteiger partial charge is 0.350 e. The van der Waals surface area contributed by atoms with Crippen molar-refractivity contribution in [2.75, 3.05) is 26.7 Å². The molecule has 0 radical (unpaired) electrons. The van der Waals surface area contributed by atoms with E-state index < -0.39 is 0 Å². The molecular formula is C17H27IN4O. The van der Waals surface area contributed by atoms with Crippen LogP contribution in [-0.2, 0) is 4.79 Å². The van der Waals surface area contributed by atoms with E-state index >= 15 is 0 Å². The number of nitrogens with one attached hydrogen (secondary N) is 2. The number of rotatable bonds is 4. The number of nitrogens with zero attached hydrogens (tertiary/aromatic N) is 2. The van der Waals surface area contributed by atoms with Crippen molar-refractivity contribution in [3.8, 4) is 0 Å². The van der Waals surface area contributed by atoms with E-state index in [1.165, 1.54) is 12.0 Å². The predicted molar refractivity (Wildman–Crippen MR) is 105 cm³/mol. The molecule has 1 heterocycles. The van der Waals surface area contributed by atoms with Gasteiger partial charge in [0.1, 0.15) is 0 Å². The molecule has 1 aliphatic rings. The number of guanidine groups is 1. The highest BCUT2D eigenvalue weighted by Crippen LogP contribution is 2.11. The fraction of sp³-hybridized carbons (Fsp3) is 0.529. The Morgan fingerprint density at radius 1 is 1.22 bits per heavy atom. The van der Waals surface area contributed by atoms with Gasteiger partial charge in [-0.05, 0) is 31.7 Å². The molecule has 1 amide bonds. The smallest absolute Gasteiger partial charge is 0.241 e. The van der Waals surface area contributed by atoms with Crippen LogP contribution in [0.1, 0.15) is 37.8 Å². The Balaban J connectivity index is 0.00000264. The predicted octanol–water partition coefficient (Wildman–Crippen LogP) is 2.54. The van der Waals surface area contributed by atoms with Gasteiger partial charge in [0.05, 0.1) is 12.6 Å². The molecule has 23 heavy (non-hydrogen) atoms. The molecule has 1 atom stereocenters. The molecule has 1 aromatic rings. The summed E-state index contributed by atoms with van der Waals surface area (Å²) in [5.74, 6) is 0.803.